The Morgan fingerprint density at radius 2 is 1.79 bits per heavy atom. The molecule has 3 N–H and O–H groups in total. The van der Waals surface area contributed by atoms with Crippen LogP contribution >= 0.6 is 0 Å². The molecule has 1 aromatic heterocycles. The molecular weight excluding hydrogens is 373 g/mol. The van der Waals surface area contributed by atoms with Crippen molar-refractivity contribution in [1.82, 2.24) is 14.8 Å². The summed E-state index contributed by atoms with van der Waals surface area (Å²) in [5.74, 6) is -1.04. The molecule has 1 aliphatic heterocycles. The van der Waals surface area contributed by atoms with Crippen molar-refractivity contribution in [3.63, 3.8) is 0 Å². The van der Waals surface area contributed by atoms with E-state index in [0.717, 1.165) is 30.1 Å². The van der Waals surface area contributed by atoms with E-state index in [9.17, 15) is 14.0 Å². The molecule has 0 bridgehead atoms. The Morgan fingerprint density at radius 3 is 2.59 bits per heavy atom. The van der Waals surface area contributed by atoms with E-state index in [2.05, 4.69) is 20.5 Å². The second kappa shape index (κ2) is 7.92. The van der Waals surface area contributed by atoms with Gasteiger partial charge in [-0.25, -0.2) is 9.18 Å². The molecule has 0 unspecified atom stereocenters. The number of carbonyl (C=O) groups excluding carboxylic acids is 2. The zero-order valence-corrected chi connectivity index (χ0v) is 16.0. The Bertz CT molecular complexity index is 1060. The van der Waals surface area contributed by atoms with Crippen LogP contribution in [0.1, 0.15) is 10.4 Å². The van der Waals surface area contributed by atoms with Gasteiger partial charge in [0.15, 0.2) is 0 Å². The van der Waals surface area contributed by atoms with E-state index in [1.807, 2.05) is 31.4 Å². The van der Waals surface area contributed by atoms with Gasteiger partial charge >= 0.3 is 6.03 Å². The minimum Gasteiger partial charge on any atom is -0.361 e. The summed E-state index contributed by atoms with van der Waals surface area (Å²) in [5, 5.41) is 6.48. The van der Waals surface area contributed by atoms with E-state index >= 15 is 0 Å². The molecule has 29 heavy (non-hydrogen) atoms. The Labute approximate surface area is 167 Å². The molecule has 4 rings (SSSR count). The predicted octanol–water partition coefficient (Wildman–Crippen LogP) is 3.34. The fourth-order valence-electron chi connectivity index (χ4n) is 3.35. The Hall–Kier alpha value is -3.39. The van der Waals surface area contributed by atoms with Gasteiger partial charge in [0, 0.05) is 49.0 Å². The minimum atomic E-state index is -0.547. The quantitative estimate of drug-likeness (QED) is 0.636. The SMILES string of the molecule is CN1CCN(C(=O)Nc2ccc(F)cc2C(=O)Nc2ccc3[nH]ccc3c2)CC1. The molecule has 0 radical (unpaired) electrons. The summed E-state index contributed by atoms with van der Waals surface area (Å²) in [7, 11) is 2.00. The highest BCUT2D eigenvalue weighted by molar-refractivity contribution is 6.10. The van der Waals surface area contributed by atoms with Crippen molar-refractivity contribution in [1.29, 1.82) is 0 Å². The highest BCUT2D eigenvalue weighted by Crippen LogP contribution is 2.22. The standard InChI is InChI=1S/C21H22FN5O2/c1-26-8-10-27(11-9-26)21(29)25-19-4-2-15(22)13-17(19)20(28)24-16-3-5-18-14(12-16)6-7-23-18/h2-7,12-13,23H,8-11H2,1H3,(H,24,28)(H,25,29). The maximum absolute atomic E-state index is 13.8. The summed E-state index contributed by atoms with van der Waals surface area (Å²) in [6.45, 7) is 2.76. The fourth-order valence-corrected chi connectivity index (χ4v) is 3.35. The molecule has 0 atom stereocenters. The first-order valence-corrected chi connectivity index (χ1v) is 9.42. The van der Waals surface area contributed by atoms with Crippen LogP contribution in [0.2, 0.25) is 0 Å². The van der Waals surface area contributed by atoms with Gasteiger partial charge in [0.25, 0.3) is 5.91 Å². The van der Waals surface area contributed by atoms with Crippen LogP contribution in [0.3, 0.4) is 0 Å². The highest BCUT2D eigenvalue weighted by atomic mass is 19.1. The maximum Gasteiger partial charge on any atom is 0.321 e. The van der Waals surface area contributed by atoms with Crippen molar-refractivity contribution in [2.75, 3.05) is 43.9 Å². The number of aromatic nitrogens is 1. The summed E-state index contributed by atoms with van der Waals surface area (Å²) in [5.41, 5.74) is 1.88. The smallest absolute Gasteiger partial charge is 0.321 e. The number of rotatable bonds is 3. The third kappa shape index (κ3) is 4.22. The summed E-state index contributed by atoms with van der Waals surface area (Å²) >= 11 is 0. The lowest BCUT2D eigenvalue weighted by Gasteiger charge is -2.32. The first-order valence-electron chi connectivity index (χ1n) is 9.42. The summed E-state index contributed by atoms with van der Waals surface area (Å²) in [6.07, 6.45) is 1.81. The van der Waals surface area contributed by atoms with E-state index in [1.165, 1.54) is 12.1 Å². The number of nitrogens with one attached hydrogen (secondary N) is 3. The number of amides is 3. The second-order valence-corrected chi connectivity index (χ2v) is 7.14. The van der Waals surface area contributed by atoms with Gasteiger partial charge in [-0.1, -0.05) is 0 Å². The average Bonchev–Trinajstić information content (AvgIpc) is 3.17. The predicted molar refractivity (Wildman–Crippen MR) is 111 cm³/mol. The van der Waals surface area contributed by atoms with Gasteiger partial charge < -0.3 is 25.4 Å². The van der Waals surface area contributed by atoms with Gasteiger partial charge in [0.1, 0.15) is 5.82 Å². The zero-order valence-electron chi connectivity index (χ0n) is 16.0. The number of nitrogens with zero attached hydrogens (tertiary/aromatic N) is 2. The Balaban J connectivity index is 1.52. The molecule has 2 heterocycles. The van der Waals surface area contributed by atoms with E-state index in [4.69, 9.17) is 0 Å². The molecule has 8 heteroatoms. The van der Waals surface area contributed by atoms with Crippen LogP contribution in [0, 0.1) is 5.82 Å². The van der Waals surface area contributed by atoms with E-state index < -0.39 is 11.7 Å². The molecule has 0 aliphatic carbocycles. The van der Waals surface area contributed by atoms with Crippen LogP contribution in [0.25, 0.3) is 10.9 Å². The van der Waals surface area contributed by atoms with Gasteiger partial charge in [-0.05, 0) is 49.5 Å². The van der Waals surface area contributed by atoms with Crippen molar-refractivity contribution in [3.8, 4) is 0 Å². The molecule has 150 valence electrons. The number of benzene rings is 2. The average molecular weight is 395 g/mol. The number of aromatic amines is 1. The largest absolute Gasteiger partial charge is 0.361 e. The molecule has 7 nitrogen and oxygen atoms in total. The molecule has 0 saturated carbocycles. The molecule has 1 saturated heterocycles. The Morgan fingerprint density at radius 1 is 1.00 bits per heavy atom. The number of hydrogen-bond acceptors (Lipinski definition) is 3. The van der Waals surface area contributed by atoms with Gasteiger partial charge in [-0.3, -0.25) is 4.79 Å². The van der Waals surface area contributed by atoms with Crippen molar-refractivity contribution in [3.05, 3.63) is 60.0 Å². The molecule has 1 fully saturated rings. The monoisotopic (exact) mass is 395 g/mol. The fraction of sp³-hybridized carbons (Fsp3) is 0.238. The van der Waals surface area contributed by atoms with Crippen LogP contribution < -0.4 is 10.6 Å². The summed E-state index contributed by atoms with van der Waals surface area (Å²) < 4.78 is 13.8. The third-order valence-corrected chi connectivity index (χ3v) is 5.07. The minimum absolute atomic E-state index is 0.0710. The van der Waals surface area contributed by atoms with E-state index in [0.29, 0.717) is 18.8 Å². The summed E-state index contributed by atoms with van der Waals surface area (Å²) in [6, 6.07) is 10.8. The van der Waals surface area contributed by atoms with Gasteiger partial charge in [0.2, 0.25) is 0 Å². The number of fused-ring (bicyclic) bond motifs is 1. The van der Waals surface area contributed by atoms with Crippen LogP contribution in [-0.2, 0) is 0 Å². The number of halogens is 1. The third-order valence-electron chi connectivity index (χ3n) is 5.07. The zero-order chi connectivity index (χ0) is 20.4. The molecule has 2 aromatic carbocycles. The second-order valence-electron chi connectivity index (χ2n) is 7.14. The van der Waals surface area contributed by atoms with Crippen molar-refractivity contribution in [2.45, 2.75) is 0 Å². The molecule has 1 aliphatic rings. The number of piperazine rings is 1. The molecule has 3 aromatic rings. The lowest BCUT2D eigenvalue weighted by molar-refractivity contribution is 0.102. The molecule has 3 amide bonds. The van der Waals surface area contributed by atoms with Crippen LogP contribution in [-0.4, -0.2) is 59.9 Å². The molecule has 0 spiro atoms. The lowest BCUT2D eigenvalue weighted by atomic mass is 10.1. The van der Waals surface area contributed by atoms with Gasteiger partial charge in [0.05, 0.1) is 11.3 Å². The number of anilines is 2. The van der Waals surface area contributed by atoms with E-state index in [-0.39, 0.29) is 17.3 Å². The Kier molecular flexibility index (Phi) is 5.18. The van der Waals surface area contributed by atoms with Crippen molar-refractivity contribution >= 4 is 34.2 Å². The lowest BCUT2D eigenvalue weighted by Crippen LogP contribution is -2.48. The van der Waals surface area contributed by atoms with Crippen LogP contribution in [0.5, 0.6) is 0 Å². The number of urea groups is 1. The van der Waals surface area contributed by atoms with Crippen LogP contribution in [0.4, 0.5) is 20.6 Å². The highest BCUT2D eigenvalue weighted by Gasteiger charge is 2.21. The van der Waals surface area contributed by atoms with E-state index in [1.54, 1.807) is 11.0 Å². The van der Waals surface area contributed by atoms with Crippen molar-refractivity contribution in [2.24, 2.45) is 0 Å². The normalized spacial score (nSPS) is 14.8. The summed E-state index contributed by atoms with van der Waals surface area (Å²) in [4.78, 5) is 32.3. The number of likely N-dealkylation sites (N-methyl/N-ethyl adjacent to an activating group) is 1. The number of H-pyrrole nitrogens is 1. The first kappa shape index (κ1) is 18.9. The van der Waals surface area contributed by atoms with Crippen molar-refractivity contribution < 1.29 is 14.0 Å². The van der Waals surface area contributed by atoms with Gasteiger partial charge in [-0.15, -0.1) is 0 Å². The molecular formula is C21H22FN5O2. The number of hydrogen-bond donors (Lipinski definition) is 3. The number of carbonyl (C=O) groups is 2. The topological polar surface area (TPSA) is 80.5 Å². The van der Waals surface area contributed by atoms with Gasteiger partial charge in [-0.2, -0.15) is 0 Å². The maximum atomic E-state index is 13.8. The first-order chi connectivity index (χ1) is 14.0. The van der Waals surface area contributed by atoms with Crippen LogP contribution in [0.15, 0.2) is 48.7 Å².